The summed E-state index contributed by atoms with van der Waals surface area (Å²) in [4.78, 5) is 18.4. The van der Waals surface area contributed by atoms with E-state index in [0.717, 1.165) is 30.7 Å². The maximum Gasteiger partial charge on any atom is 0.416 e. The maximum atomic E-state index is 13.0. The highest BCUT2D eigenvalue weighted by Crippen LogP contribution is 2.32. The number of hydrogen-bond donors (Lipinski definition) is 0. The Morgan fingerprint density at radius 1 is 1.26 bits per heavy atom. The van der Waals surface area contributed by atoms with Crippen LogP contribution in [0.2, 0.25) is 0 Å². The third-order valence-electron chi connectivity index (χ3n) is 4.72. The smallest absolute Gasteiger partial charge is 0.375 e. The van der Waals surface area contributed by atoms with Gasteiger partial charge in [-0.3, -0.25) is 9.78 Å². The molecule has 0 bridgehead atoms. The van der Waals surface area contributed by atoms with E-state index in [0.29, 0.717) is 24.3 Å². The Morgan fingerprint density at radius 3 is 2.78 bits per heavy atom. The number of methoxy groups -OCH3 is 1. The van der Waals surface area contributed by atoms with Crippen molar-refractivity contribution in [2.75, 3.05) is 26.8 Å². The normalized spacial score (nSPS) is 17.8. The van der Waals surface area contributed by atoms with Gasteiger partial charge in [-0.2, -0.15) is 13.2 Å². The van der Waals surface area contributed by atoms with Gasteiger partial charge in [-0.1, -0.05) is 18.2 Å². The van der Waals surface area contributed by atoms with Gasteiger partial charge < -0.3 is 9.64 Å². The molecule has 0 aliphatic carbocycles. The van der Waals surface area contributed by atoms with Gasteiger partial charge in [-0.15, -0.1) is 0 Å². The summed E-state index contributed by atoms with van der Waals surface area (Å²) in [6.45, 7) is 1.28. The van der Waals surface area contributed by atoms with Crippen LogP contribution in [-0.4, -0.2) is 42.6 Å². The van der Waals surface area contributed by atoms with Crippen molar-refractivity contribution in [1.29, 1.82) is 0 Å². The third-order valence-corrected chi connectivity index (χ3v) is 4.72. The molecule has 1 aromatic carbocycles. The second-order valence-corrected chi connectivity index (χ2v) is 6.64. The summed E-state index contributed by atoms with van der Waals surface area (Å²) in [5, 5.41) is 0. The molecule has 7 heteroatoms. The summed E-state index contributed by atoms with van der Waals surface area (Å²) >= 11 is 0. The maximum absolute atomic E-state index is 13.0. The highest BCUT2D eigenvalue weighted by molar-refractivity contribution is 5.77. The second kappa shape index (κ2) is 8.08. The lowest BCUT2D eigenvalue weighted by Gasteiger charge is -2.32. The Labute approximate surface area is 156 Å². The first-order valence-corrected chi connectivity index (χ1v) is 8.80. The first-order valence-electron chi connectivity index (χ1n) is 8.80. The van der Waals surface area contributed by atoms with E-state index in [1.165, 1.54) is 13.2 Å². The summed E-state index contributed by atoms with van der Waals surface area (Å²) in [5.41, 5.74) is 1.02. The van der Waals surface area contributed by atoms with Crippen LogP contribution in [0.5, 0.6) is 0 Å². The van der Waals surface area contributed by atoms with Crippen molar-refractivity contribution in [3.05, 3.63) is 53.7 Å². The number of amides is 1. The number of likely N-dealkylation sites (tertiary alicyclic amines) is 1. The lowest BCUT2D eigenvalue weighted by Crippen LogP contribution is -2.41. The van der Waals surface area contributed by atoms with Crippen LogP contribution < -0.4 is 0 Å². The summed E-state index contributed by atoms with van der Waals surface area (Å²) in [5.74, 6) is 0.00142. The Morgan fingerprint density at radius 2 is 2.04 bits per heavy atom. The number of aromatic nitrogens is 1. The van der Waals surface area contributed by atoms with Crippen molar-refractivity contribution >= 4 is 5.91 Å². The second-order valence-electron chi connectivity index (χ2n) is 6.64. The number of halogens is 3. The Hall–Kier alpha value is -2.41. The zero-order valence-electron chi connectivity index (χ0n) is 15.0. The van der Waals surface area contributed by atoms with Crippen molar-refractivity contribution in [2.24, 2.45) is 0 Å². The van der Waals surface area contributed by atoms with Crippen LogP contribution in [0.4, 0.5) is 13.2 Å². The summed E-state index contributed by atoms with van der Waals surface area (Å²) < 4.78 is 43.8. The van der Waals surface area contributed by atoms with E-state index < -0.39 is 11.7 Å². The number of ether oxygens (including phenoxy) is 1. The predicted octanol–water partition coefficient (Wildman–Crippen LogP) is 4.12. The van der Waals surface area contributed by atoms with Gasteiger partial charge in [0.1, 0.15) is 6.61 Å². The lowest BCUT2D eigenvalue weighted by atomic mass is 9.93. The molecule has 1 saturated heterocycles. The van der Waals surface area contributed by atoms with Gasteiger partial charge in [-0.25, -0.2) is 0 Å². The quantitative estimate of drug-likeness (QED) is 0.804. The third kappa shape index (κ3) is 4.66. The number of alkyl halides is 3. The Balaban J connectivity index is 1.83. The summed E-state index contributed by atoms with van der Waals surface area (Å²) in [6.07, 6.45) is -2.65. The van der Waals surface area contributed by atoms with Crippen molar-refractivity contribution in [3.63, 3.8) is 0 Å². The van der Waals surface area contributed by atoms with E-state index in [2.05, 4.69) is 4.98 Å². The molecular weight excluding hydrogens is 357 g/mol. The van der Waals surface area contributed by atoms with Gasteiger partial charge in [-0.05, 0) is 37.1 Å². The molecular formula is C20H21F3N2O2. The molecule has 1 atom stereocenters. The highest BCUT2D eigenvalue weighted by atomic mass is 19.4. The number of pyridine rings is 1. The number of hydrogen-bond acceptors (Lipinski definition) is 3. The molecule has 0 N–H and O–H groups in total. The molecule has 1 unspecified atom stereocenters. The van der Waals surface area contributed by atoms with E-state index >= 15 is 0 Å². The number of rotatable bonds is 4. The van der Waals surface area contributed by atoms with Gasteiger partial charge >= 0.3 is 6.18 Å². The molecule has 1 amide bonds. The molecule has 0 radical (unpaired) electrons. The fourth-order valence-corrected chi connectivity index (χ4v) is 3.35. The first kappa shape index (κ1) is 19.4. The van der Waals surface area contributed by atoms with Crippen LogP contribution >= 0.6 is 0 Å². The van der Waals surface area contributed by atoms with Crippen molar-refractivity contribution in [3.8, 4) is 11.3 Å². The Kier molecular flexibility index (Phi) is 5.79. The van der Waals surface area contributed by atoms with Crippen molar-refractivity contribution < 1.29 is 22.7 Å². The molecule has 1 aromatic heterocycles. The molecule has 1 aliphatic rings. The van der Waals surface area contributed by atoms with E-state index in [9.17, 15) is 18.0 Å². The van der Waals surface area contributed by atoms with Crippen LogP contribution in [-0.2, 0) is 15.7 Å². The van der Waals surface area contributed by atoms with Crippen molar-refractivity contribution in [1.82, 2.24) is 9.88 Å². The fourth-order valence-electron chi connectivity index (χ4n) is 3.35. The van der Waals surface area contributed by atoms with Gasteiger partial charge in [0.25, 0.3) is 0 Å². The monoisotopic (exact) mass is 378 g/mol. The molecule has 0 spiro atoms. The van der Waals surface area contributed by atoms with Crippen LogP contribution in [0.25, 0.3) is 11.3 Å². The molecule has 3 rings (SSSR count). The van der Waals surface area contributed by atoms with Gasteiger partial charge in [0.05, 0.1) is 11.3 Å². The number of benzene rings is 1. The zero-order valence-corrected chi connectivity index (χ0v) is 15.0. The Bertz CT molecular complexity index is 808. The fraction of sp³-hybridized carbons (Fsp3) is 0.400. The molecule has 0 saturated carbocycles. The topological polar surface area (TPSA) is 42.4 Å². The zero-order chi connectivity index (χ0) is 19.4. The van der Waals surface area contributed by atoms with Crippen LogP contribution in [0.1, 0.15) is 30.0 Å². The van der Waals surface area contributed by atoms with Crippen molar-refractivity contribution in [2.45, 2.75) is 24.9 Å². The molecule has 1 aliphatic heterocycles. The highest BCUT2D eigenvalue weighted by Gasteiger charge is 2.30. The van der Waals surface area contributed by atoms with Crippen LogP contribution in [0, 0.1) is 0 Å². The van der Waals surface area contributed by atoms with Crippen LogP contribution in [0.3, 0.4) is 0 Å². The molecule has 4 nitrogen and oxygen atoms in total. The number of carbonyl (C=O) groups is 1. The van der Waals surface area contributed by atoms with Gasteiger partial charge in [0.2, 0.25) is 5.91 Å². The molecule has 1 fully saturated rings. The average Bonchev–Trinajstić information content (AvgIpc) is 2.68. The van der Waals surface area contributed by atoms with Gasteiger partial charge in [0.15, 0.2) is 0 Å². The molecule has 2 heterocycles. The molecule has 2 aromatic rings. The molecule has 27 heavy (non-hydrogen) atoms. The summed E-state index contributed by atoms with van der Waals surface area (Å²) in [7, 11) is 1.49. The number of nitrogens with zero attached hydrogens (tertiary/aromatic N) is 2. The first-order chi connectivity index (χ1) is 12.9. The minimum absolute atomic E-state index is 0.0461. The molecule has 144 valence electrons. The van der Waals surface area contributed by atoms with E-state index in [1.54, 1.807) is 23.1 Å². The minimum Gasteiger partial charge on any atom is -0.375 e. The standard InChI is InChI=1S/C20H21F3N2O2/c1-27-13-19(26)25-10-4-6-15(12-25)18-9-3-8-17(24-18)14-5-2-7-16(11-14)20(21,22)23/h2-3,5,7-9,11,15H,4,6,10,12-13H2,1H3. The SMILES string of the molecule is COCC(=O)N1CCCC(c2cccc(-c3cccc(C(F)(F)F)c3)n2)C1. The predicted molar refractivity (Wildman–Crippen MR) is 95.1 cm³/mol. The van der Waals surface area contributed by atoms with E-state index in [-0.39, 0.29) is 18.4 Å². The van der Waals surface area contributed by atoms with E-state index in [1.807, 2.05) is 6.07 Å². The lowest BCUT2D eigenvalue weighted by molar-refractivity contribution is -0.137. The van der Waals surface area contributed by atoms with Crippen LogP contribution in [0.15, 0.2) is 42.5 Å². The number of piperidine rings is 1. The summed E-state index contributed by atoms with van der Waals surface area (Å²) in [6, 6.07) is 10.5. The largest absolute Gasteiger partial charge is 0.416 e. The average molecular weight is 378 g/mol. The van der Waals surface area contributed by atoms with E-state index in [4.69, 9.17) is 4.74 Å². The minimum atomic E-state index is -4.39. The van der Waals surface area contributed by atoms with Gasteiger partial charge in [0, 0.05) is 37.4 Å². The number of carbonyl (C=O) groups excluding carboxylic acids is 1.